The molecule has 1 fully saturated rings. The van der Waals surface area contributed by atoms with Crippen molar-refractivity contribution in [2.24, 2.45) is 5.92 Å². The van der Waals surface area contributed by atoms with E-state index >= 15 is 0 Å². The maximum absolute atomic E-state index is 12.0. The number of nitrogens with zero attached hydrogens (tertiary/aromatic N) is 2. The van der Waals surface area contributed by atoms with Gasteiger partial charge in [0.25, 0.3) is 0 Å². The Balaban J connectivity index is 1.84. The van der Waals surface area contributed by atoms with E-state index in [0.29, 0.717) is 0 Å². The van der Waals surface area contributed by atoms with Crippen LogP contribution in [0.4, 0.5) is 5.69 Å². The number of benzene rings is 1. The summed E-state index contributed by atoms with van der Waals surface area (Å²) in [5.74, 6) is 0.169. The van der Waals surface area contributed by atoms with Crippen molar-refractivity contribution in [1.29, 1.82) is 0 Å². The zero-order chi connectivity index (χ0) is 16.4. The summed E-state index contributed by atoms with van der Waals surface area (Å²) in [5.41, 5.74) is 2.19. The highest BCUT2D eigenvalue weighted by Crippen LogP contribution is 2.30. The summed E-state index contributed by atoms with van der Waals surface area (Å²) in [5, 5.41) is 4.32. The van der Waals surface area contributed by atoms with E-state index in [-0.39, 0.29) is 17.9 Å². The zero-order valence-corrected chi connectivity index (χ0v) is 15.1. The minimum Gasteiger partial charge on any atom is -0.369 e. The molecule has 3 rings (SSSR count). The summed E-state index contributed by atoms with van der Waals surface area (Å²) in [6.45, 7) is 5.73. The molecule has 0 aliphatic carbocycles. The van der Waals surface area contributed by atoms with Crippen molar-refractivity contribution in [3.8, 4) is 0 Å². The molecule has 4 nitrogen and oxygen atoms in total. The van der Waals surface area contributed by atoms with Crippen LogP contribution in [0.25, 0.3) is 10.9 Å². The van der Waals surface area contributed by atoms with Crippen LogP contribution < -0.4 is 10.2 Å². The van der Waals surface area contributed by atoms with E-state index in [4.69, 9.17) is 0 Å². The third-order valence-electron chi connectivity index (χ3n) is 4.31. The number of nitrogens with one attached hydrogen (secondary N) is 1. The van der Waals surface area contributed by atoms with E-state index in [1.54, 1.807) is 0 Å². The molecule has 2 aromatic rings. The molecular weight excluding hydrogens is 354 g/mol. The predicted octanol–water partition coefficient (Wildman–Crippen LogP) is 3.74. The summed E-state index contributed by atoms with van der Waals surface area (Å²) in [4.78, 5) is 18.8. The fraction of sp³-hybridized carbons (Fsp3) is 0.444. The Kier molecular flexibility index (Phi) is 4.85. The number of fused-ring (bicyclic) bond motifs is 1. The van der Waals surface area contributed by atoms with Gasteiger partial charge in [-0.15, -0.1) is 0 Å². The lowest BCUT2D eigenvalue weighted by atomic mass is 10.0. The van der Waals surface area contributed by atoms with Crippen LogP contribution in [0.3, 0.4) is 0 Å². The van der Waals surface area contributed by atoms with E-state index in [1.807, 2.05) is 32.2 Å². The molecule has 1 atom stereocenters. The van der Waals surface area contributed by atoms with E-state index in [9.17, 15) is 4.79 Å². The normalized spacial score (nSPS) is 18.4. The van der Waals surface area contributed by atoms with E-state index in [1.165, 1.54) is 5.69 Å². The number of rotatable bonds is 3. The Labute approximate surface area is 145 Å². The van der Waals surface area contributed by atoms with Gasteiger partial charge in [-0.2, -0.15) is 0 Å². The lowest BCUT2D eigenvalue weighted by molar-refractivity contribution is -0.124. The van der Waals surface area contributed by atoms with Crippen molar-refractivity contribution >= 4 is 38.4 Å². The third kappa shape index (κ3) is 3.66. The second-order valence-electron chi connectivity index (χ2n) is 6.44. The standard InChI is InChI=1S/C18H22BrN3O/c1-12(2)18(23)21-14-4-3-9-22(11-14)17-7-8-20-16-6-5-13(19)10-15(16)17/h5-8,10,12,14H,3-4,9,11H2,1-2H3,(H,21,23). The number of carbonyl (C=O) groups excluding carboxylic acids is 1. The Morgan fingerprint density at radius 2 is 2.22 bits per heavy atom. The predicted molar refractivity (Wildman–Crippen MR) is 97.7 cm³/mol. The highest BCUT2D eigenvalue weighted by molar-refractivity contribution is 9.10. The van der Waals surface area contributed by atoms with Crippen LogP contribution in [0.5, 0.6) is 0 Å². The first-order valence-corrected chi connectivity index (χ1v) is 8.93. The number of halogens is 1. The zero-order valence-electron chi connectivity index (χ0n) is 13.6. The fourth-order valence-corrected chi connectivity index (χ4v) is 3.42. The minimum absolute atomic E-state index is 0.0306. The summed E-state index contributed by atoms with van der Waals surface area (Å²) in [6, 6.07) is 8.45. The van der Waals surface area contributed by atoms with Crippen molar-refractivity contribution in [2.75, 3.05) is 18.0 Å². The second kappa shape index (κ2) is 6.87. The van der Waals surface area contributed by atoms with Gasteiger partial charge in [0.2, 0.25) is 5.91 Å². The maximum Gasteiger partial charge on any atom is 0.222 e. The number of pyridine rings is 1. The number of anilines is 1. The molecule has 0 radical (unpaired) electrons. The summed E-state index contributed by atoms with van der Waals surface area (Å²) in [7, 11) is 0. The van der Waals surface area contributed by atoms with E-state index in [2.05, 4.69) is 43.3 Å². The van der Waals surface area contributed by atoms with Crippen LogP contribution in [-0.4, -0.2) is 30.0 Å². The van der Waals surface area contributed by atoms with Crippen molar-refractivity contribution in [2.45, 2.75) is 32.7 Å². The molecule has 1 aromatic heterocycles. The van der Waals surface area contributed by atoms with Gasteiger partial charge < -0.3 is 10.2 Å². The average molecular weight is 376 g/mol. The van der Waals surface area contributed by atoms with Gasteiger partial charge >= 0.3 is 0 Å². The Morgan fingerprint density at radius 3 is 3.00 bits per heavy atom. The summed E-state index contributed by atoms with van der Waals surface area (Å²) >= 11 is 3.55. The van der Waals surface area contributed by atoms with Gasteiger partial charge in [-0.3, -0.25) is 9.78 Å². The SMILES string of the molecule is CC(C)C(=O)NC1CCCN(c2ccnc3ccc(Br)cc23)C1. The summed E-state index contributed by atoms with van der Waals surface area (Å²) in [6.07, 6.45) is 3.99. The highest BCUT2D eigenvalue weighted by atomic mass is 79.9. The first-order valence-electron chi connectivity index (χ1n) is 8.14. The molecule has 1 unspecified atom stereocenters. The highest BCUT2D eigenvalue weighted by Gasteiger charge is 2.23. The van der Waals surface area contributed by atoms with Crippen LogP contribution >= 0.6 is 15.9 Å². The number of hydrogen-bond donors (Lipinski definition) is 1. The Morgan fingerprint density at radius 1 is 1.39 bits per heavy atom. The number of amides is 1. The monoisotopic (exact) mass is 375 g/mol. The smallest absolute Gasteiger partial charge is 0.222 e. The topological polar surface area (TPSA) is 45.2 Å². The number of carbonyl (C=O) groups is 1. The van der Waals surface area contributed by atoms with Crippen molar-refractivity contribution in [3.63, 3.8) is 0 Å². The Hall–Kier alpha value is -1.62. The van der Waals surface area contributed by atoms with E-state index < -0.39 is 0 Å². The molecule has 1 aliphatic heterocycles. The van der Waals surface area contributed by atoms with Crippen LogP contribution in [0, 0.1) is 5.92 Å². The number of aromatic nitrogens is 1. The van der Waals surface area contributed by atoms with Gasteiger partial charge in [0.05, 0.1) is 5.52 Å². The molecule has 1 amide bonds. The average Bonchev–Trinajstić information content (AvgIpc) is 2.54. The third-order valence-corrected chi connectivity index (χ3v) is 4.81. The largest absolute Gasteiger partial charge is 0.369 e. The van der Waals surface area contributed by atoms with E-state index in [0.717, 1.165) is 41.3 Å². The molecule has 0 bridgehead atoms. The van der Waals surface area contributed by atoms with Crippen LogP contribution in [-0.2, 0) is 4.79 Å². The van der Waals surface area contributed by atoms with Crippen molar-refractivity contribution in [1.82, 2.24) is 10.3 Å². The molecular formula is C18H22BrN3O. The van der Waals surface area contributed by atoms with Gasteiger partial charge in [0.1, 0.15) is 0 Å². The maximum atomic E-state index is 12.0. The van der Waals surface area contributed by atoms with Gasteiger partial charge in [0.15, 0.2) is 0 Å². The number of piperidine rings is 1. The lowest BCUT2D eigenvalue weighted by Crippen LogP contribution is -2.48. The molecule has 122 valence electrons. The molecule has 5 heteroatoms. The molecule has 2 heterocycles. The number of hydrogen-bond acceptors (Lipinski definition) is 3. The molecule has 0 spiro atoms. The van der Waals surface area contributed by atoms with Crippen LogP contribution in [0.15, 0.2) is 34.9 Å². The molecule has 1 N–H and O–H groups in total. The van der Waals surface area contributed by atoms with Crippen molar-refractivity contribution < 1.29 is 4.79 Å². The molecule has 1 aliphatic rings. The minimum atomic E-state index is 0.0306. The van der Waals surface area contributed by atoms with Gasteiger partial charge in [-0.1, -0.05) is 29.8 Å². The van der Waals surface area contributed by atoms with Crippen LogP contribution in [0.1, 0.15) is 26.7 Å². The first-order chi connectivity index (χ1) is 11.0. The second-order valence-corrected chi connectivity index (χ2v) is 7.36. The Bertz CT molecular complexity index is 716. The molecule has 1 aromatic carbocycles. The molecule has 23 heavy (non-hydrogen) atoms. The van der Waals surface area contributed by atoms with Crippen LogP contribution in [0.2, 0.25) is 0 Å². The van der Waals surface area contributed by atoms with Crippen molar-refractivity contribution in [3.05, 3.63) is 34.9 Å². The summed E-state index contributed by atoms with van der Waals surface area (Å²) < 4.78 is 1.06. The molecule has 1 saturated heterocycles. The van der Waals surface area contributed by atoms with Gasteiger partial charge in [-0.25, -0.2) is 0 Å². The molecule has 0 saturated carbocycles. The lowest BCUT2D eigenvalue weighted by Gasteiger charge is -2.35. The quantitative estimate of drug-likeness (QED) is 0.888. The van der Waals surface area contributed by atoms with Gasteiger partial charge in [0, 0.05) is 46.8 Å². The first kappa shape index (κ1) is 16.2. The van der Waals surface area contributed by atoms with Gasteiger partial charge in [-0.05, 0) is 37.1 Å². The fourth-order valence-electron chi connectivity index (χ4n) is 3.06.